The first-order valence-electron chi connectivity index (χ1n) is 13.0. The minimum atomic E-state index is -1.57. The maximum absolute atomic E-state index is 15.8. The lowest BCUT2D eigenvalue weighted by molar-refractivity contribution is -0.154. The van der Waals surface area contributed by atoms with Crippen molar-refractivity contribution in [2.45, 2.75) is 71.6 Å². The molecule has 2 atom stereocenters. The highest BCUT2D eigenvalue weighted by Crippen LogP contribution is 2.41. The summed E-state index contributed by atoms with van der Waals surface area (Å²) in [5, 5.41) is 30.8. The number of hydrogen-bond donors (Lipinski definition) is 4. The molecule has 1 aliphatic heterocycles. The van der Waals surface area contributed by atoms with Crippen LogP contribution in [0.5, 0.6) is 0 Å². The van der Waals surface area contributed by atoms with E-state index in [4.69, 9.17) is 11.6 Å². The average molecular weight is 580 g/mol. The summed E-state index contributed by atoms with van der Waals surface area (Å²) in [5.41, 5.74) is -2.50. The van der Waals surface area contributed by atoms with Crippen molar-refractivity contribution < 1.29 is 28.2 Å². The van der Waals surface area contributed by atoms with Crippen LogP contribution in [0.3, 0.4) is 0 Å². The lowest BCUT2D eigenvalue weighted by Crippen LogP contribution is -2.51. The van der Waals surface area contributed by atoms with Crippen LogP contribution in [-0.4, -0.2) is 48.9 Å². The monoisotopic (exact) mass is 579 g/mol. The Morgan fingerprint density at radius 2 is 1.98 bits per heavy atom. The molecule has 3 aromatic rings. The number of nitrogens with one attached hydrogen (secondary N) is 2. The number of aromatic amines is 1. The van der Waals surface area contributed by atoms with Crippen LogP contribution in [0, 0.1) is 29.8 Å². The number of piperidine rings is 1. The number of anilines is 2. The molecule has 0 radical (unpaired) electrons. The molecule has 2 aromatic heterocycles. The van der Waals surface area contributed by atoms with Gasteiger partial charge in [-0.05, 0) is 64.8 Å². The van der Waals surface area contributed by atoms with Crippen LogP contribution in [0.4, 0.5) is 24.8 Å². The summed E-state index contributed by atoms with van der Waals surface area (Å²) in [6.07, 6.45) is 0.468. The molecule has 4 rings (SSSR count). The van der Waals surface area contributed by atoms with Crippen LogP contribution >= 0.6 is 11.6 Å². The molecule has 0 aliphatic carbocycles. The molecule has 8 nitrogen and oxygen atoms in total. The van der Waals surface area contributed by atoms with Gasteiger partial charge in [-0.1, -0.05) is 18.5 Å². The Morgan fingerprint density at radius 3 is 2.58 bits per heavy atom. The number of aliphatic carboxylic acids is 1. The minimum absolute atomic E-state index is 0.0378. The summed E-state index contributed by atoms with van der Waals surface area (Å²) in [6.45, 7) is 6.67. The number of pyridine rings is 1. The largest absolute Gasteiger partial charge is 0.481 e. The number of halogens is 4. The molecule has 1 aromatic carbocycles. The van der Waals surface area contributed by atoms with Crippen molar-refractivity contribution in [1.29, 1.82) is 0 Å². The number of likely N-dealkylation sites (tertiary alicyclic amines) is 1. The second-order valence-corrected chi connectivity index (χ2v) is 11.4. The topological polar surface area (TPSA) is 114 Å². The van der Waals surface area contributed by atoms with Crippen molar-refractivity contribution in [2.24, 2.45) is 5.41 Å². The van der Waals surface area contributed by atoms with Gasteiger partial charge >= 0.3 is 5.97 Å². The molecule has 0 unspecified atom stereocenters. The molecule has 0 spiro atoms. The van der Waals surface area contributed by atoms with Gasteiger partial charge in [-0.15, -0.1) is 0 Å². The normalized spacial score (nSPS) is 20.1. The zero-order valence-electron chi connectivity index (χ0n) is 22.8. The molecule has 1 aliphatic rings. The summed E-state index contributed by atoms with van der Waals surface area (Å²) in [6, 6.07) is 5.00. The Balaban J connectivity index is 1.66. The second kappa shape index (κ2) is 11.4. The number of aromatic nitrogens is 3. The van der Waals surface area contributed by atoms with Crippen LogP contribution in [0.25, 0.3) is 0 Å². The van der Waals surface area contributed by atoms with Crippen molar-refractivity contribution in [3.05, 3.63) is 69.3 Å². The van der Waals surface area contributed by atoms with Crippen molar-refractivity contribution in [3.8, 4) is 0 Å². The summed E-state index contributed by atoms with van der Waals surface area (Å²) < 4.78 is 44.8. The Hall–Kier alpha value is -3.15. The van der Waals surface area contributed by atoms with Crippen molar-refractivity contribution >= 4 is 29.2 Å². The van der Waals surface area contributed by atoms with E-state index in [1.807, 2.05) is 18.7 Å². The van der Waals surface area contributed by atoms with Crippen LogP contribution in [-0.2, 0) is 23.4 Å². The SMILES string of the molecule is CC[C@@H]1C[C@](Cc2nc(Nc3cc(C)[nH]n3)cc(C(C)(C)O)c2F)(C(=O)O)CCN1Cc1c(F)ccc(Cl)c1F. The Morgan fingerprint density at radius 1 is 1.25 bits per heavy atom. The number of aliphatic hydroxyl groups is 1. The third kappa shape index (κ3) is 6.11. The van der Waals surface area contributed by atoms with Gasteiger partial charge < -0.3 is 15.5 Å². The van der Waals surface area contributed by atoms with E-state index in [9.17, 15) is 23.8 Å². The Kier molecular flexibility index (Phi) is 8.49. The number of carbonyl (C=O) groups is 1. The van der Waals surface area contributed by atoms with E-state index in [1.165, 1.54) is 19.9 Å². The van der Waals surface area contributed by atoms with Gasteiger partial charge in [-0.25, -0.2) is 18.2 Å². The highest BCUT2D eigenvalue weighted by molar-refractivity contribution is 6.30. The molecule has 216 valence electrons. The first kappa shape index (κ1) is 29.8. The predicted molar refractivity (Wildman–Crippen MR) is 145 cm³/mol. The summed E-state index contributed by atoms with van der Waals surface area (Å²) in [5.74, 6) is -2.83. The summed E-state index contributed by atoms with van der Waals surface area (Å²) >= 11 is 5.87. The minimum Gasteiger partial charge on any atom is -0.481 e. The highest BCUT2D eigenvalue weighted by Gasteiger charge is 2.46. The summed E-state index contributed by atoms with van der Waals surface area (Å²) in [7, 11) is 0. The van der Waals surface area contributed by atoms with E-state index in [0.29, 0.717) is 12.2 Å². The van der Waals surface area contributed by atoms with Crippen molar-refractivity contribution in [2.75, 3.05) is 11.9 Å². The van der Waals surface area contributed by atoms with Gasteiger partial charge in [-0.3, -0.25) is 14.8 Å². The number of carboxylic acids is 1. The molecular formula is C28H33ClF3N5O3. The maximum Gasteiger partial charge on any atom is 0.310 e. The van der Waals surface area contributed by atoms with E-state index >= 15 is 4.39 Å². The number of H-pyrrole nitrogens is 1. The van der Waals surface area contributed by atoms with Crippen molar-refractivity contribution in [1.82, 2.24) is 20.1 Å². The van der Waals surface area contributed by atoms with Crippen LogP contribution < -0.4 is 5.32 Å². The quantitative estimate of drug-likeness (QED) is 0.235. The molecular weight excluding hydrogens is 547 g/mol. The van der Waals surface area contributed by atoms with Gasteiger partial charge in [0.25, 0.3) is 0 Å². The van der Waals surface area contributed by atoms with Gasteiger partial charge in [0.2, 0.25) is 0 Å². The number of aryl methyl sites for hydroxylation is 1. The number of rotatable bonds is 9. The Labute approximate surface area is 235 Å². The third-order valence-corrected chi connectivity index (χ3v) is 7.89. The van der Waals surface area contributed by atoms with Gasteiger partial charge in [0.15, 0.2) is 11.6 Å². The number of nitrogens with zero attached hydrogens (tertiary/aromatic N) is 3. The number of benzene rings is 1. The molecule has 4 N–H and O–H groups in total. The molecule has 3 heterocycles. The maximum atomic E-state index is 15.8. The first-order valence-corrected chi connectivity index (χ1v) is 13.4. The van der Waals surface area contributed by atoms with E-state index in [2.05, 4.69) is 20.5 Å². The van der Waals surface area contributed by atoms with Crippen LogP contribution in [0.2, 0.25) is 5.02 Å². The fraction of sp³-hybridized carbons (Fsp3) is 0.464. The van der Waals surface area contributed by atoms with Gasteiger partial charge in [-0.2, -0.15) is 5.10 Å². The highest BCUT2D eigenvalue weighted by atomic mass is 35.5. The van der Waals surface area contributed by atoms with Crippen LogP contribution in [0.1, 0.15) is 62.5 Å². The lowest BCUT2D eigenvalue weighted by Gasteiger charge is -2.44. The molecule has 1 saturated heterocycles. The van der Waals surface area contributed by atoms with E-state index in [-0.39, 0.29) is 66.1 Å². The van der Waals surface area contributed by atoms with E-state index in [0.717, 1.165) is 17.8 Å². The van der Waals surface area contributed by atoms with E-state index < -0.39 is 34.4 Å². The molecule has 0 amide bonds. The number of hydrogen-bond acceptors (Lipinski definition) is 6. The average Bonchev–Trinajstić information content (AvgIpc) is 3.30. The fourth-order valence-electron chi connectivity index (χ4n) is 5.32. The fourth-order valence-corrected chi connectivity index (χ4v) is 5.50. The molecule has 1 fully saturated rings. The zero-order valence-corrected chi connectivity index (χ0v) is 23.5. The number of carboxylic acid groups (broad SMARTS) is 1. The molecule has 0 bridgehead atoms. The van der Waals surface area contributed by atoms with Gasteiger partial charge in [0, 0.05) is 41.9 Å². The molecule has 12 heteroatoms. The van der Waals surface area contributed by atoms with E-state index in [1.54, 1.807) is 6.07 Å². The molecule has 0 saturated carbocycles. The molecule has 40 heavy (non-hydrogen) atoms. The van der Waals surface area contributed by atoms with Gasteiger partial charge in [0.05, 0.1) is 21.7 Å². The predicted octanol–water partition coefficient (Wildman–Crippen LogP) is 5.84. The Bertz CT molecular complexity index is 1410. The zero-order chi connectivity index (χ0) is 29.4. The van der Waals surface area contributed by atoms with Crippen LogP contribution in [0.15, 0.2) is 24.3 Å². The second-order valence-electron chi connectivity index (χ2n) is 11.0. The third-order valence-electron chi connectivity index (χ3n) is 7.60. The standard InChI is InChI=1S/C28H33ClF3N5O3/c1-5-16-12-28(26(38)39,8-9-37(16)14-17-20(30)7-6-19(29)24(17)31)13-21-25(32)18(27(3,4)40)11-22(33-21)34-23-10-15(2)35-36-23/h6-7,10-11,16,40H,5,8-9,12-14H2,1-4H3,(H,38,39)(H2,33,34,35,36)/t16-,28-/m1/s1. The smallest absolute Gasteiger partial charge is 0.310 e. The van der Waals surface area contributed by atoms with Crippen molar-refractivity contribution in [3.63, 3.8) is 0 Å². The first-order chi connectivity index (χ1) is 18.7. The lowest BCUT2D eigenvalue weighted by atomic mass is 9.71. The van der Waals surface area contributed by atoms with Gasteiger partial charge in [0.1, 0.15) is 17.5 Å². The summed E-state index contributed by atoms with van der Waals surface area (Å²) in [4.78, 5) is 19.0.